The van der Waals surface area contributed by atoms with Gasteiger partial charge in [-0.05, 0) is 42.7 Å². The number of aliphatic hydroxyl groups is 1. The number of nitrogens with zero attached hydrogens (tertiary/aromatic N) is 1. The normalized spacial score (nSPS) is 13.3. The zero-order valence-electron chi connectivity index (χ0n) is 14.0. The first-order valence-electron chi connectivity index (χ1n) is 8.52. The average Bonchev–Trinajstić information content (AvgIpc) is 3.46. The summed E-state index contributed by atoms with van der Waals surface area (Å²) in [6, 6.07) is 16.6. The highest BCUT2D eigenvalue weighted by Crippen LogP contribution is 2.19. The minimum atomic E-state index is -0.160. The molecule has 2 aromatic rings. The van der Waals surface area contributed by atoms with Gasteiger partial charge < -0.3 is 15.3 Å². The van der Waals surface area contributed by atoms with E-state index < -0.39 is 0 Å². The maximum Gasteiger partial charge on any atom is 0.254 e. The lowest BCUT2D eigenvalue weighted by atomic mass is 10.1. The van der Waals surface area contributed by atoms with Crippen molar-refractivity contribution >= 4 is 11.8 Å². The topological polar surface area (TPSA) is 69.6 Å². The van der Waals surface area contributed by atoms with E-state index in [4.69, 9.17) is 0 Å². The summed E-state index contributed by atoms with van der Waals surface area (Å²) in [6.07, 6.45) is 2.08. The lowest BCUT2D eigenvalue weighted by molar-refractivity contribution is 0.0707. The number of carbonyl (C=O) groups is 2. The molecule has 1 aliphatic carbocycles. The molecule has 2 aromatic carbocycles. The summed E-state index contributed by atoms with van der Waals surface area (Å²) in [6.45, 7) is 0.599. The van der Waals surface area contributed by atoms with Crippen LogP contribution in [0.25, 0.3) is 0 Å². The number of benzene rings is 2. The Hall–Kier alpha value is -2.66. The van der Waals surface area contributed by atoms with Crippen molar-refractivity contribution in [2.24, 2.45) is 0 Å². The van der Waals surface area contributed by atoms with E-state index in [1.807, 2.05) is 30.3 Å². The molecule has 0 radical (unpaired) electrons. The summed E-state index contributed by atoms with van der Waals surface area (Å²) < 4.78 is 0. The first-order valence-corrected chi connectivity index (χ1v) is 8.52. The second-order valence-electron chi connectivity index (χ2n) is 6.26. The molecule has 0 heterocycles. The number of amides is 2. The van der Waals surface area contributed by atoms with Crippen LogP contribution in [0.5, 0.6) is 0 Å². The summed E-state index contributed by atoms with van der Waals surface area (Å²) in [4.78, 5) is 26.3. The number of hydrogen-bond donors (Lipinski definition) is 2. The van der Waals surface area contributed by atoms with Gasteiger partial charge in [-0.15, -0.1) is 0 Å². The molecule has 1 aliphatic rings. The molecule has 1 fully saturated rings. The molecular weight excluding hydrogens is 316 g/mol. The van der Waals surface area contributed by atoms with E-state index in [0.717, 1.165) is 18.4 Å². The Labute approximate surface area is 147 Å². The first kappa shape index (κ1) is 17.2. The highest BCUT2D eigenvalue weighted by atomic mass is 16.3. The Balaban J connectivity index is 1.69. The molecule has 0 spiro atoms. The number of carbonyl (C=O) groups excluding carboxylic acids is 2. The van der Waals surface area contributed by atoms with Crippen molar-refractivity contribution in [1.82, 2.24) is 10.2 Å². The third-order valence-electron chi connectivity index (χ3n) is 4.18. The fourth-order valence-corrected chi connectivity index (χ4v) is 2.62. The molecule has 2 amide bonds. The highest BCUT2D eigenvalue weighted by molar-refractivity contribution is 5.98. The van der Waals surface area contributed by atoms with Crippen LogP contribution in [0.3, 0.4) is 0 Å². The van der Waals surface area contributed by atoms with Gasteiger partial charge in [-0.2, -0.15) is 0 Å². The summed E-state index contributed by atoms with van der Waals surface area (Å²) >= 11 is 0. The van der Waals surface area contributed by atoms with E-state index in [1.165, 1.54) is 0 Å². The van der Waals surface area contributed by atoms with Crippen LogP contribution in [-0.2, 0) is 6.54 Å². The van der Waals surface area contributed by atoms with E-state index in [0.29, 0.717) is 23.7 Å². The first-order chi connectivity index (χ1) is 12.2. The Morgan fingerprint density at radius 3 is 2.24 bits per heavy atom. The van der Waals surface area contributed by atoms with Gasteiger partial charge in [0.25, 0.3) is 11.8 Å². The van der Waals surface area contributed by atoms with Crippen LogP contribution < -0.4 is 5.32 Å². The van der Waals surface area contributed by atoms with Gasteiger partial charge in [-0.25, -0.2) is 0 Å². The third-order valence-corrected chi connectivity index (χ3v) is 4.18. The Kier molecular flexibility index (Phi) is 5.46. The monoisotopic (exact) mass is 338 g/mol. The molecule has 3 rings (SSSR count). The van der Waals surface area contributed by atoms with E-state index in [2.05, 4.69) is 5.32 Å². The smallest absolute Gasteiger partial charge is 0.254 e. The number of nitrogens with one attached hydrogen (secondary N) is 1. The minimum Gasteiger partial charge on any atom is -0.395 e. The number of aliphatic hydroxyl groups excluding tert-OH is 1. The molecule has 0 saturated heterocycles. The standard InChI is InChI=1S/C20H22N2O3/c23-13-12-22(14-15-4-2-1-3-5-15)20(25)17-8-6-16(7-9-17)19(24)21-18-10-11-18/h1-9,18,23H,10-14H2,(H,21,24). The lowest BCUT2D eigenvalue weighted by Gasteiger charge is -2.22. The molecule has 2 N–H and O–H groups in total. The van der Waals surface area contributed by atoms with Crippen LogP contribution in [0.15, 0.2) is 54.6 Å². The summed E-state index contributed by atoms with van der Waals surface area (Å²) in [5.41, 5.74) is 2.07. The fourth-order valence-electron chi connectivity index (χ4n) is 2.62. The zero-order valence-corrected chi connectivity index (χ0v) is 14.0. The van der Waals surface area contributed by atoms with Gasteiger partial charge in [0, 0.05) is 30.3 Å². The molecule has 0 atom stereocenters. The summed E-state index contributed by atoms with van der Waals surface area (Å²) in [5, 5.41) is 12.2. The van der Waals surface area contributed by atoms with E-state index in [-0.39, 0.29) is 25.0 Å². The number of rotatable bonds is 7. The fraction of sp³-hybridized carbons (Fsp3) is 0.300. The molecule has 1 saturated carbocycles. The lowest BCUT2D eigenvalue weighted by Crippen LogP contribution is -2.33. The second kappa shape index (κ2) is 7.94. The molecule has 5 heteroatoms. The van der Waals surface area contributed by atoms with Crippen LogP contribution in [0.2, 0.25) is 0 Å². The maximum atomic E-state index is 12.7. The van der Waals surface area contributed by atoms with Gasteiger partial charge in [0.15, 0.2) is 0 Å². The maximum absolute atomic E-state index is 12.7. The quantitative estimate of drug-likeness (QED) is 0.813. The van der Waals surface area contributed by atoms with Crippen molar-refractivity contribution in [3.05, 3.63) is 71.3 Å². The van der Waals surface area contributed by atoms with E-state index >= 15 is 0 Å². The van der Waals surface area contributed by atoms with E-state index in [1.54, 1.807) is 29.2 Å². The van der Waals surface area contributed by atoms with Gasteiger partial charge >= 0.3 is 0 Å². The average molecular weight is 338 g/mol. The van der Waals surface area contributed by atoms with E-state index in [9.17, 15) is 14.7 Å². The van der Waals surface area contributed by atoms with Crippen molar-refractivity contribution in [1.29, 1.82) is 0 Å². The second-order valence-corrected chi connectivity index (χ2v) is 6.26. The largest absolute Gasteiger partial charge is 0.395 e. The van der Waals surface area contributed by atoms with Gasteiger partial charge in [0.1, 0.15) is 0 Å². The van der Waals surface area contributed by atoms with Crippen molar-refractivity contribution in [3.8, 4) is 0 Å². The molecule has 0 unspecified atom stereocenters. The Morgan fingerprint density at radius 1 is 1.00 bits per heavy atom. The SMILES string of the molecule is O=C(NC1CC1)c1ccc(C(=O)N(CCO)Cc2ccccc2)cc1. The van der Waals surface area contributed by atoms with Crippen molar-refractivity contribution in [2.75, 3.05) is 13.2 Å². The molecule has 0 aliphatic heterocycles. The van der Waals surface area contributed by atoms with Gasteiger partial charge in [-0.1, -0.05) is 30.3 Å². The minimum absolute atomic E-state index is 0.0968. The van der Waals surface area contributed by atoms with Crippen LogP contribution in [0.4, 0.5) is 0 Å². The van der Waals surface area contributed by atoms with Crippen molar-refractivity contribution in [3.63, 3.8) is 0 Å². The highest BCUT2D eigenvalue weighted by Gasteiger charge is 2.24. The van der Waals surface area contributed by atoms with Crippen molar-refractivity contribution in [2.45, 2.75) is 25.4 Å². The molecule has 0 bridgehead atoms. The molecule has 5 nitrogen and oxygen atoms in total. The zero-order chi connectivity index (χ0) is 17.6. The molecule has 25 heavy (non-hydrogen) atoms. The molecule has 130 valence electrons. The summed E-state index contributed by atoms with van der Waals surface area (Å²) in [7, 11) is 0. The van der Waals surface area contributed by atoms with Gasteiger partial charge in [-0.3, -0.25) is 9.59 Å². The predicted octanol–water partition coefficient (Wildman–Crippen LogP) is 2.21. The van der Waals surface area contributed by atoms with Gasteiger partial charge in [0.05, 0.1) is 6.61 Å². The molecule has 0 aromatic heterocycles. The van der Waals surface area contributed by atoms with Crippen LogP contribution in [-0.4, -0.2) is 41.0 Å². The third kappa shape index (κ3) is 4.67. The van der Waals surface area contributed by atoms with Crippen LogP contribution in [0.1, 0.15) is 39.1 Å². The van der Waals surface area contributed by atoms with Crippen molar-refractivity contribution < 1.29 is 14.7 Å². The Morgan fingerprint density at radius 2 is 1.64 bits per heavy atom. The number of hydrogen-bond acceptors (Lipinski definition) is 3. The van der Waals surface area contributed by atoms with Gasteiger partial charge in [0.2, 0.25) is 0 Å². The molecular formula is C20H22N2O3. The van der Waals surface area contributed by atoms with Crippen LogP contribution >= 0.6 is 0 Å². The Bertz CT molecular complexity index is 724. The van der Waals surface area contributed by atoms with Crippen LogP contribution in [0, 0.1) is 0 Å². The summed E-state index contributed by atoms with van der Waals surface area (Å²) in [5.74, 6) is -0.259. The predicted molar refractivity (Wildman–Crippen MR) is 95.2 cm³/mol.